The summed E-state index contributed by atoms with van der Waals surface area (Å²) in [6, 6.07) is 3.19. The summed E-state index contributed by atoms with van der Waals surface area (Å²) in [5.74, 6) is -1.26. The molecular weight excluding hydrogens is 249 g/mol. The molecule has 0 saturated carbocycles. The highest BCUT2D eigenvalue weighted by Crippen LogP contribution is 2.19. The number of hydrogen-bond acceptors (Lipinski definition) is 4. The number of halogens is 1. The maximum Gasteiger partial charge on any atom is 0.250 e. The van der Waals surface area contributed by atoms with Gasteiger partial charge in [-0.1, -0.05) is 0 Å². The predicted octanol–water partition coefficient (Wildman–Crippen LogP) is 0.814. The molecule has 0 aromatic heterocycles. The van der Waals surface area contributed by atoms with Crippen molar-refractivity contribution < 1.29 is 22.3 Å². The van der Waals surface area contributed by atoms with Gasteiger partial charge in [0, 0.05) is 13.4 Å². The third kappa shape index (κ3) is 3.79. The molecule has 0 heterocycles. The molecule has 1 N–H and O–H groups in total. The minimum absolute atomic E-state index is 0.0633. The normalized spacial score (nSPS) is 11.2. The fraction of sp³-hybridized carbons (Fsp3) is 0.300. The van der Waals surface area contributed by atoms with Crippen LogP contribution < -0.4 is 5.32 Å². The van der Waals surface area contributed by atoms with Crippen LogP contribution in [0.1, 0.15) is 0 Å². The summed E-state index contributed by atoms with van der Waals surface area (Å²) in [5.41, 5.74) is -0.185. The van der Waals surface area contributed by atoms with Crippen molar-refractivity contribution in [2.24, 2.45) is 0 Å². The molecule has 0 unspecified atom stereocenters. The molecule has 1 amide bonds. The van der Waals surface area contributed by atoms with Crippen LogP contribution in [-0.2, 0) is 19.4 Å². The van der Waals surface area contributed by atoms with Gasteiger partial charge in [-0.15, -0.1) is 0 Å². The molecule has 0 aliphatic rings. The second-order valence-electron chi connectivity index (χ2n) is 3.40. The quantitative estimate of drug-likeness (QED) is 0.814. The third-order valence-electron chi connectivity index (χ3n) is 1.92. The standard InChI is InChI=1S/C10H12FNO4S/c1-16-6-10(13)12-9-5-7(17(2,14)15)3-4-8(9)11/h3-5H,6H2,1-2H3,(H,12,13). The molecule has 0 fully saturated rings. The zero-order chi connectivity index (χ0) is 13.1. The fourth-order valence-corrected chi connectivity index (χ4v) is 1.80. The Morgan fingerprint density at radius 3 is 2.65 bits per heavy atom. The summed E-state index contributed by atoms with van der Waals surface area (Å²) in [7, 11) is -2.12. The van der Waals surface area contributed by atoms with Gasteiger partial charge in [0.1, 0.15) is 12.4 Å². The molecule has 17 heavy (non-hydrogen) atoms. The number of sulfone groups is 1. The lowest BCUT2D eigenvalue weighted by Crippen LogP contribution is -2.18. The van der Waals surface area contributed by atoms with Gasteiger partial charge in [-0.3, -0.25) is 4.79 Å². The summed E-state index contributed by atoms with van der Waals surface area (Å²) < 4.78 is 40.4. The van der Waals surface area contributed by atoms with Crippen LogP contribution in [0.15, 0.2) is 23.1 Å². The molecule has 5 nitrogen and oxygen atoms in total. The zero-order valence-corrected chi connectivity index (χ0v) is 10.2. The van der Waals surface area contributed by atoms with Crippen molar-refractivity contribution >= 4 is 21.4 Å². The Labute approximate surface area is 98.5 Å². The van der Waals surface area contributed by atoms with Crippen molar-refractivity contribution in [1.82, 2.24) is 0 Å². The van der Waals surface area contributed by atoms with E-state index in [-0.39, 0.29) is 17.2 Å². The molecular formula is C10H12FNO4S. The number of anilines is 1. The van der Waals surface area contributed by atoms with E-state index in [0.29, 0.717) is 0 Å². The van der Waals surface area contributed by atoms with Crippen molar-refractivity contribution in [3.8, 4) is 0 Å². The number of nitrogens with one attached hydrogen (secondary N) is 1. The van der Waals surface area contributed by atoms with Gasteiger partial charge >= 0.3 is 0 Å². The van der Waals surface area contributed by atoms with Crippen LogP contribution in [0.5, 0.6) is 0 Å². The summed E-state index contributed by atoms with van der Waals surface area (Å²) in [6.07, 6.45) is 1.00. The van der Waals surface area contributed by atoms with Crippen LogP contribution in [0.4, 0.5) is 10.1 Å². The molecule has 0 aliphatic heterocycles. The Kier molecular flexibility index (Phi) is 4.19. The second kappa shape index (κ2) is 5.24. The average Bonchev–Trinajstić information content (AvgIpc) is 2.20. The van der Waals surface area contributed by atoms with Gasteiger partial charge in [0.05, 0.1) is 10.6 Å². The molecule has 7 heteroatoms. The maximum absolute atomic E-state index is 13.3. The first-order valence-corrected chi connectivity index (χ1v) is 6.52. The highest BCUT2D eigenvalue weighted by Gasteiger charge is 2.12. The number of carbonyl (C=O) groups is 1. The van der Waals surface area contributed by atoms with Crippen molar-refractivity contribution in [3.63, 3.8) is 0 Å². The van der Waals surface area contributed by atoms with E-state index in [1.165, 1.54) is 7.11 Å². The monoisotopic (exact) mass is 261 g/mol. The number of amides is 1. The molecule has 0 radical (unpaired) electrons. The fourth-order valence-electron chi connectivity index (χ4n) is 1.15. The highest BCUT2D eigenvalue weighted by molar-refractivity contribution is 7.90. The smallest absolute Gasteiger partial charge is 0.250 e. The topological polar surface area (TPSA) is 72.5 Å². The maximum atomic E-state index is 13.3. The Morgan fingerprint density at radius 2 is 2.12 bits per heavy atom. The van der Waals surface area contributed by atoms with E-state index in [0.717, 1.165) is 24.5 Å². The van der Waals surface area contributed by atoms with Crippen molar-refractivity contribution in [2.75, 3.05) is 25.3 Å². The molecule has 0 saturated heterocycles. The van der Waals surface area contributed by atoms with Gasteiger partial charge in [-0.2, -0.15) is 0 Å². The van der Waals surface area contributed by atoms with Crippen LogP contribution in [-0.4, -0.2) is 34.3 Å². The Bertz CT molecular complexity index is 527. The Morgan fingerprint density at radius 1 is 1.47 bits per heavy atom. The lowest BCUT2D eigenvalue weighted by molar-refractivity contribution is -0.119. The first kappa shape index (κ1) is 13.6. The molecule has 1 rings (SSSR count). The van der Waals surface area contributed by atoms with E-state index >= 15 is 0 Å². The van der Waals surface area contributed by atoms with Gasteiger partial charge in [0.25, 0.3) is 0 Å². The molecule has 0 bridgehead atoms. The molecule has 1 aromatic rings. The molecule has 1 aromatic carbocycles. The predicted molar refractivity (Wildman–Crippen MR) is 60.0 cm³/mol. The van der Waals surface area contributed by atoms with E-state index in [4.69, 9.17) is 0 Å². The molecule has 94 valence electrons. The van der Waals surface area contributed by atoms with Crippen LogP contribution in [0.2, 0.25) is 0 Å². The zero-order valence-electron chi connectivity index (χ0n) is 9.36. The van der Waals surface area contributed by atoms with E-state index in [1.807, 2.05) is 0 Å². The molecule has 0 aliphatic carbocycles. The Hall–Kier alpha value is -1.47. The van der Waals surface area contributed by atoms with E-state index in [2.05, 4.69) is 10.1 Å². The lowest BCUT2D eigenvalue weighted by atomic mass is 10.3. The minimum Gasteiger partial charge on any atom is -0.375 e. The number of benzene rings is 1. The number of methoxy groups -OCH3 is 1. The minimum atomic E-state index is -3.44. The van der Waals surface area contributed by atoms with Crippen molar-refractivity contribution in [1.29, 1.82) is 0 Å². The first-order chi connectivity index (χ1) is 7.84. The number of carbonyl (C=O) groups excluding carboxylic acids is 1. The van der Waals surface area contributed by atoms with E-state index in [9.17, 15) is 17.6 Å². The van der Waals surface area contributed by atoms with E-state index in [1.54, 1.807) is 0 Å². The van der Waals surface area contributed by atoms with Crippen LogP contribution in [0.25, 0.3) is 0 Å². The van der Waals surface area contributed by atoms with Crippen LogP contribution in [0.3, 0.4) is 0 Å². The third-order valence-corrected chi connectivity index (χ3v) is 3.03. The Balaban J connectivity index is 3.03. The van der Waals surface area contributed by atoms with Gasteiger partial charge in [0.15, 0.2) is 9.84 Å². The van der Waals surface area contributed by atoms with Gasteiger partial charge in [-0.25, -0.2) is 12.8 Å². The number of ether oxygens (including phenoxy) is 1. The SMILES string of the molecule is COCC(=O)Nc1cc(S(C)(=O)=O)ccc1F. The van der Waals surface area contributed by atoms with Gasteiger partial charge < -0.3 is 10.1 Å². The summed E-state index contributed by atoms with van der Waals surface area (Å²) >= 11 is 0. The van der Waals surface area contributed by atoms with Gasteiger partial charge in [-0.05, 0) is 18.2 Å². The highest BCUT2D eigenvalue weighted by atomic mass is 32.2. The second-order valence-corrected chi connectivity index (χ2v) is 5.41. The van der Waals surface area contributed by atoms with Gasteiger partial charge in [0.2, 0.25) is 5.91 Å². The summed E-state index contributed by atoms with van der Waals surface area (Å²) in [5, 5.41) is 2.22. The van der Waals surface area contributed by atoms with Crippen molar-refractivity contribution in [2.45, 2.75) is 4.90 Å². The average molecular weight is 261 g/mol. The largest absolute Gasteiger partial charge is 0.375 e. The van der Waals surface area contributed by atoms with Crippen LogP contribution in [0, 0.1) is 5.82 Å². The van der Waals surface area contributed by atoms with Crippen molar-refractivity contribution in [3.05, 3.63) is 24.0 Å². The number of rotatable bonds is 4. The molecule has 0 spiro atoms. The van der Waals surface area contributed by atoms with E-state index < -0.39 is 21.6 Å². The van der Waals surface area contributed by atoms with Crippen LogP contribution >= 0.6 is 0 Å². The molecule has 0 atom stereocenters. The lowest BCUT2D eigenvalue weighted by Gasteiger charge is -2.07. The number of hydrogen-bond donors (Lipinski definition) is 1. The summed E-state index contributed by atoms with van der Waals surface area (Å²) in [4.78, 5) is 11.1. The first-order valence-electron chi connectivity index (χ1n) is 4.63. The summed E-state index contributed by atoms with van der Waals surface area (Å²) in [6.45, 7) is -0.234.